The number of thioether (sulfide) groups is 1. The first-order valence-corrected chi connectivity index (χ1v) is 19.7. The summed E-state index contributed by atoms with van der Waals surface area (Å²) in [5.74, 6) is -0.632. The number of esters is 1. The lowest BCUT2D eigenvalue weighted by Gasteiger charge is -2.48. The van der Waals surface area contributed by atoms with Crippen molar-refractivity contribution in [1.29, 1.82) is 0 Å². The molecule has 0 aromatic heterocycles. The van der Waals surface area contributed by atoms with Crippen molar-refractivity contribution in [2.75, 3.05) is 12.4 Å². The van der Waals surface area contributed by atoms with Crippen LogP contribution in [-0.4, -0.2) is 51.4 Å². The number of amides is 2. The number of nitro groups is 1. The Kier molecular flexibility index (Phi) is 13.2. The third kappa shape index (κ3) is 9.94. The van der Waals surface area contributed by atoms with Crippen molar-refractivity contribution in [2.24, 2.45) is 0 Å². The number of nitro benzene ring substituents is 1. The summed E-state index contributed by atoms with van der Waals surface area (Å²) < 4.78 is 37.3. The monoisotopic (exact) mass is 829 g/mol. The molecule has 1 fully saturated rings. The van der Waals surface area contributed by atoms with Crippen molar-refractivity contribution in [3.05, 3.63) is 173 Å². The van der Waals surface area contributed by atoms with Crippen molar-refractivity contribution in [2.45, 2.75) is 18.0 Å². The second-order valence-electron chi connectivity index (χ2n) is 12.1. The smallest absolute Gasteiger partial charge is 0.766 e. The molecular formula is C40H33ClN3O11PS. The van der Waals surface area contributed by atoms with Gasteiger partial charge in [0.25, 0.3) is 17.5 Å². The third-order valence-corrected chi connectivity index (χ3v) is 11.2. The molecule has 292 valence electrons. The zero-order chi connectivity index (χ0) is 38.9. The molecule has 0 spiro atoms. The molecule has 14 nitrogen and oxygen atoms in total. The number of nitrogens with zero attached hydrogens (tertiary/aromatic N) is 2. The Morgan fingerprint density at radius 2 is 1.23 bits per heavy atom. The lowest BCUT2D eigenvalue weighted by Crippen LogP contribution is -3.00. The van der Waals surface area contributed by atoms with E-state index < -0.39 is 42.3 Å². The molecule has 7 rings (SSSR count). The molecule has 2 aliphatic heterocycles. The zero-order valence-electron chi connectivity index (χ0n) is 29.8. The first-order valence-electron chi connectivity index (χ1n) is 17.1. The van der Waals surface area contributed by atoms with Crippen LogP contribution in [0.1, 0.15) is 5.56 Å². The van der Waals surface area contributed by atoms with Crippen LogP contribution in [0.25, 0.3) is 0 Å². The third-order valence-electron chi connectivity index (χ3n) is 8.18. The van der Waals surface area contributed by atoms with Gasteiger partial charge in [-0.25, -0.2) is 22.9 Å². The van der Waals surface area contributed by atoms with Crippen LogP contribution in [0.5, 0.6) is 23.0 Å². The Bertz CT molecular complexity index is 2110. The van der Waals surface area contributed by atoms with Crippen molar-refractivity contribution in [3.63, 3.8) is 0 Å². The van der Waals surface area contributed by atoms with E-state index in [9.17, 15) is 24.5 Å². The molecule has 2 aliphatic rings. The van der Waals surface area contributed by atoms with Crippen LogP contribution < -0.4 is 36.0 Å². The first kappa shape index (κ1) is 40.4. The maximum absolute atomic E-state index is 14.2. The highest BCUT2D eigenvalue weighted by Crippen LogP contribution is 2.64. The van der Waals surface area contributed by atoms with Crippen LogP contribution in [0.2, 0.25) is 0 Å². The van der Waals surface area contributed by atoms with Gasteiger partial charge < -0.3 is 27.2 Å². The minimum atomic E-state index is -4.08. The van der Waals surface area contributed by atoms with Gasteiger partial charge in [0.15, 0.2) is 29.6 Å². The first-order chi connectivity index (χ1) is 27.3. The average Bonchev–Trinajstić information content (AvgIpc) is 3.22. The molecule has 5 aromatic carbocycles. The topological polar surface area (TPSA) is 165 Å². The summed E-state index contributed by atoms with van der Waals surface area (Å²) in [6, 6.07) is 39.4. The summed E-state index contributed by atoms with van der Waals surface area (Å²) >= 11 is 1.24. The Labute approximate surface area is 337 Å². The SMILES string of the molecule is O=C(COc1ccccc1)N[C@@H]1C(=O)N2C(C(=O)OCc3ccc([N+](=O)[O-])cc3)=C(O[P+](Oc3ccccc3)(Oc3ccccc3)Oc3ccccc3)CS[C@H]12.[Cl-]. The van der Waals surface area contributed by atoms with E-state index in [1.54, 1.807) is 97.1 Å². The number of β-lactam (4-membered cyclic amide) rings is 1. The van der Waals surface area contributed by atoms with Gasteiger partial charge in [-0.15, -0.1) is 11.8 Å². The normalized spacial score (nSPS) is 15.8. The summed E-state index contributed by atoms with van der Waals surface area (Å²) in [5, 5.41) is 13.2. The number of hydrogen-bond acceptors (Lipinski definition) is 12. The Hall–Kier alpha value is -6.28. The van der Waals surface area contributed by atoms with Gasteiger partial charge >= 0.3 is 14.1 Å². The number of carbonyl (C=O) groups excluding carboxylic acids is 3. The molecule has 2 heterocycles. The van der Waals surface area contributed by atoms with E-state index in [-0.39, 0.29) is 48.5 Å². The van der Waals surface area contributed by atoms with Gasteiger partial charge in [0, 0.05) is 12.1 Å². The molecule has 0 bridgehead atoms. The number of para-hydroxylation sites is 4. The highest BCUT2D eigenvalue weighted by Gasteiger charge is 2.61. The van der Waals surface area contributed by atoms with E-state index in [1.165, 1.54) is 40.9 Å². The zero-order valence-corrected chi connectivity index (χ0v) is 32.2. The van der Waals surface area contributed by atoms with Gasteiger partial charge in [-0.05, 0) is 66.2 Å². The molecule has 1 N–H and O–H groups in total. The van der Waals surface area contributed by atoms with E-state index in [2.05, 4.69) is 5.32 Å². The van der Waals surface area contributed by atoms with Crippen molar-refractivity contribution in [3.8, 4) is 23.0 Å². The van der Waals surface area contributed by atoms with Crippen LogP contribution in [-0.2, 0) is 30.3 Å². The second-order valence-corrected chi connectivity index (χ2v) is 14.8. The molecule has 0 radical (unpaired) electrons. The summed E-state index contributed by atoms with van der Waals surface area (Å²) in [6.07, 6.45) is 0. The predicted molar refractivity (Wildman–Crippen MR) is 206 cm³/mol. The number of rotatable bonds is 16. The number of fused-ring (bicyclic) bond motifs is 1. The number of ether oxygens (including phenoxy) is 2. The van der Waals surface area contributed by atoms with E-state index in [4.69, 9.17) is 27.6 Å². The summed E-state index contributed by atoms with van der Waals surface area (Å²) in [4.78, 5) is 52.8. The Morgan fingerprint density at radius 1 is 0.737 bits per heavy atom. The standard InChI is InChI=1S/C40H32N3O11PS.ClH/c44-35(26-49-30-13-5-1-6-14-30)41-36-38(45)42-37(40(46)50-25-28-21-23-29(24-22-28)43(47)48)34(27-56-39(36)42)54-55(51-31-15-7-2-8-16-31,52-32-17-9-3-10-18-32)53-33-19-11-4-12-20-33;/h1-24,36,39H,25-27H2;1H/t36-,39-;/m1./s1. The number of non-ortho nitro benzene ring substituents is 1. The molecule has 5 aromatic rings. The van der Waals surface area contributed by atoms with Gasteiger partial charge in [0.2, 0.25) is 5.76 Å². The van der Waals surface area contributed by atoms with Crippen molar-refractivity contribution >= 4 is 43.4 Å². The van der Waals surface area contributed by atoms with Gasteiger partial charge in [0.1, 0.15) is 23.8 Å². The highest BCUT2D eigenvalue weighted by atomic mass is 35.5. The summed E-state index contributed by atoms with van der Waals surface area (Å²) in [6.45, 7) is -0.622. The Balaban J connectivity index is 0.00000549. The van der Waals surface area contributed by atoms with Gasteiger partial charge in [-0.2, -0.15) is 0 Å². The van der Waals surface area contributed by atoms with Crippen molar-refractivity contribution in [1.82, 2.24) is 10.2 Å². The highest BCUT2D eigenvalue weighted by molar-refractivity contribution is 8.00. The largest absolute Gasteiger partial charge is 1.00 e. The molecular weight excluding hydrogens is 797 g/mol. The van der Waals surface area contributed by atoms with Crippen LogP contribution in [0.3, 0.4) is 0 Å². The maximum atomic E-state index is 14.2. The molecule has 57 heavy (non-hydrogen) atoms. The maximum Gasteiger partial charge on any atom is 0.766 e. The van der Waals surface area contributed by atoms with Gasteiger partial charge in [0.05, 0.1) is 10.7 Å². The van der Waals surface area contributed by atoms with Crippen LogP contribution in [0, 0.1) is 10.1 Å². The molecule has 0 unspecified atom stereocenters. The van der Waals surface area contributed by atoms with Crippen LogP contribution >= 0.6 is 19.9 Å². The number of halogens is 1. The van der Waals surface area contributed by atoms with Gasteiger partial charge in [-0.3, -0.25) is 24.6 Å². The van der Waals surface area contributed by atoms with E-state index in [1.807, 2.05) is 24.3 Å². The fraction of sp³-hybridized carbons (Fsp3) is 0.125. The average molecular weight is 830 g/mol. The number of nitrogens with one attached hydrogen (secondary N) is 1. The number of benzene rings is 5. The fourth-order valence-corrected chi connectivity index (χ4v) is 8.67. The summed E-state index contributed by atoms with van der Waals surface area (Å²) in [5.41, 5.74) is 0.0805. The fourth-order valence-electron chi connectivity index (χ4n) is 5.54. The van der Waals surface area contributed by atoms with Crippen LogP contribution in [0.15, 0.2) is 157 Å². The molecule has 0 saturated carbocycles. The minimum absolute atomic E-state index is 0. The lowest BCUT2D eigenvalue weighted by atomic mass is 10.0. The minimum Gasteiger partial charge on any atom is -1.00 e. The predicted octanol–water partition coefficient (Wildman–Crippen LogP) is 4.26. The van der Waals surface area contributed by atoms with Crippen LogP contribution in [0.4, 0.5) is 5.69 Å². The van der Waals surface area contributed by atoms with E-state index in [0.29, 0.717) is 28.6 Å². The number of carbonyl (C=O) groups is 3. The van der Waals surface area contributed by atoms with E-state index in [0.717, 1.165) is 0 Å². The quantitative estimate of drug-likeness (QED) is 0.0495. The molecule has 1 saturated heterocycles. The summed E-state index contributed by atoms with van der Waals surface area (Å²) in [7, 11) is -4.08. The molecule has 2 atom stereocenters. The number of hydrogen-bond donors (Lipinski definition) is 1. The van der Waals surface area contributed by atoms with Crippen molar-refractivity contribution < 1.29 is 59.3 Å². The molecule has 2 amide bonds. The second kappa shape index (κ2) is 18.6. The van der Waals surface area contributed by atoms with E-state index >= 15 is 0 Å². The van der Waals surface area contributed by atoms with Gasteiger partial charge in [-0.1, -0.05) is 72.8 Å². The Morgan fingerprint density at radius 3 is 1.72 bits per heavy atom. The molecule has 0 aliphatic carbocycles. The lowest BCUT2D eigenvalue weighted by molar-refractivity contribution is -0.384. The molecule has 17 heteroatoms.